The predicted molar refractivity (Wildman–Crippen MR) is 86.3 cm³/mol. The number of nitrogens with two attached hydrogens (primary N) is 1. The summed E-state index contributed by atoms with van der Waals surface area (Å²) in [5.41, 5.74) is 6.97. The zero-order chi connectivity index (χ0) is 15.1. The monoisotopic (exact) mass is 326 g/mol. The molecule has 8 heteroatoms. The molecule has 0 amide bonds. The summed E-state index contributed by atoms with van der Waals surface area (Å²) in [6, 6.07) is 1.39. The molecule has 21 heavy (non-hydrogen) atoms. The van der Waals surface area contributed by atoms with Crippen LogP contribution in [0.1, 0.15) is 19.8 Å². The van der Waals surface area contributed by atoms with Crippen LogP contribution in [0.5, 0.6) is 0 Å². The van der Waals surface area contributed by atoms with Crippen LogP contribution in [0.4, 0.5) is 16.5 Å². The van der Waals surface area contributed by atoms with Gasteiger partial charge in [-0.25, -0.2) is 4.98 Å². The first kappa shape index (κ1) is 14.3. The number of piperidine rings is 1. The summed E-state index contributed by atoms with van der Waals surface area (Å²) in [6.07, 6.45) is 2.05. The third-order valence-electron chi connectivity index (χ3n) is 3.89. The number of anilines is 2. The lowest BCUT2D eigenvalue weighted by Gasteiger charge is -2.32. The number of fused-ring (bicyclic) bond motifs is 1. The third-order valence-corrected chi connectivity index (χ3v) is 5.07. The zero-order valence-corrected chi connectivity index (χ0v) is 13.1. The second-order valence-corrected chi connectivity index (χ2v) is 6.82. The predicted octanol–water partition coefficient (Wildman–Crippen LogP) is 3.68. The van der Waals surface area contributed by atoms with Gasteiger partial charge in [-0.15, -0.1) is 0 Å². The molecular weight excluding hydrogens is 312 g/mol. The van der Waals surface area contributed by atoms with Crippen molar-refractivity contribution >= 4 is 49.7 Å². The third kappa shape index (κ3) is 2.51. The van der Waals surface area contributed by atoms with Gasteiger partial charge in [0.15, 0.2) is 5.13 Å². The number of nitro benzene ring substituents is 1. The average molecular weight is 327 g/mol. The summed E-state index contributed by atoms with van der Waals surface area (Å²) < 4.78 is 0.709. The molecule has 1 saturated heterocycles. The van der Waals surface area contributed by atoms with Gasteiger partial charge in [0.2, 0.25) is 0 Å². The van der Waals surface area contributed by atoms with Gasteiger partial charge in [-0.2, -0.15) is 0 Å². The number of nitro groups is 1. The van der Waals surface area contributed by atoms with Crippen molar-refractivity contribution in [3.05, 3.63) is 21.2 Å². The van der Waals surface area contributed by atoms with Gasteiger partial charge in [0.1, 0.15) is 11.2 Å². The first-order chi connectivity index (χ1) is 9.97. The molecule has 0 unspecified atom stereocenters. The number of rotatable bonds is 2. The standard InChI is InChI=1S/C13H15ClN4O2S/c1-7-2-4-17(5-3-7)11-9(18(19)20)6-8(14)10-12(11)21-13(15)16-10/h6-7H,2-5H2,1H3,(H2,15,16). The van der Waals surface area contributed by atoms with Crippen molar-refractivity contribution in [3.8, 4) is 0 Å². The largest absolute Gasteiger partial charge is 0.375 e. The molecule has 0 spiro atoms. The molecule has 3 rings (SSSR count). The van der Waals surface area contributed by atoms with Crippen LogP contribution in [-0.4, -0.2) is 23.0 Å². The lowest BCUT2D eigenvalue weighted by molar-refractivity contribution is -0.384. The molecule has 1 aliphatic rings. The van der Waals surface area contributed by atoms with Crippen LogP contribution in [0.3, 0.4) is 0 Å². The zero-order valence-electron chi connectivity index (χ0n) is 11.5. The normalized spacial score (nSPS) is 16.6. The molecule has 0 radical (unpaired) electrons. The highest BCUT2D eigenvalue weighted by atomic mass is 35.5. The van der Waals surface area contributed by atoms with Gasteiger partial charge in [0, 0.05) is 19.2 Å². The molecule has 6 nitrogen and oxygen atoms in total. The Morgan fingerprint density at radius 2 is 2.19 bits per heavy atom. The van der Waals surface area contributed by atoms with Crippen molar-refractivity contribution in [1.29, 1.82) is 0 Å². The minimum atomic E-state index is -0.380. The van der Waals surface area contributed by atoms with E-state index in [-0.39, 0.29) is 15.6 Å². The van der Waals surface area contributed by atoms with E-state index in [9.17, 15) is 10.1 Å². The molecule has 2 N–H and O–H groups in total. The van der Waals surface area contributed by atoms with Crippen molar-refractivity contribution in [3.63, 3.8) is 0 Å². The molecular formula is C13H15ClN4O2S. The lowest BCUT2D eigenvalue weighted by Crippen LogP contribution is -2.33. The van der Waals surface area contributed by atoms with Crippen LogP contribution in [-0.2, 0) is 0 Å². The second-order valence-electron chi connectivity index (χ2n) is 5.38. The van der Waals surface area contributed by atoms with Gasteiger partial charge in [-0.3, -0.25) is 10.1 Å². The van der Waals surface area contributed by atoms with Gasteiger partial charge >= 0.3 is 0 Å². The fourth-order valence-electron chi connectivity index (χ4n) is 2.71. The van der Waals surface area contributed by atoms with E-state index in [0.717, 1.165) is 25.9 Å². The molecule has 1 aromatic heterocycles. The number of nitrogens with zero attached hydrogens (tertiary/aromatic N) is 3. The lowest BCUT2D eigenvalue weighted by atomic mass is 9.98. The highest BCUT2D eigenvalue weighted by molar-refractivity contribution is 7.22. The van der Waals surface area contributed by atoms with Crippen molar-refractivity contribution in [2.75, 3.05) is 23.7 Å². The fraction of sp³-hybridized carbons (Fsp3) is 0.462. The molecule has 2 heterocycles. The maximum absolute atomic E-state index is 11.4. The van der Waals surface area contributed by atoms with E-state index in [2.05, 4.69) is 16.8 Å². The maximum atomic E-state index is 11.4. The molecule has 0 aliphatic carbocycles. The summed E-state index contributed by atoms with van der Waals surface area (Å²) in [4.78, 5) is 17.3. The van der Waals surface area contributed by atoms with Gasteiger partial charge in [-0.05, 0) is 18.8 Å². The Bertz CT molecular complexity index is 710. The van der Waals surface area contributed by atoms with Crippen LogP contribution in [0.2, 0.25) is 5.02 Å². The van der Waals surface area contributed by atoms with E-state index >= 15 is 0 Å². The van der Waals surface area contributed by atoms with E-state index < -0.39 is 0 Å². The number of aromatic nitrogens is 1. The minimum absolute atomic E-state index is 0.0331. The minimum Gasteiger partial charge on any atom is -0.375 e. The molecule has 1 aromatic carbocycles. The van der Waals surface area contributed by atoms with Gasteiger partial charge in [0.25, 0.3) is 5.69 Å². The van der Waals surface area contributed by atoms with Crippen molar-refractivity contribution in [1.82, 2.24) is 4.98 Å². The van der Waals surface area contributed by atoms with E-state index in [0.29, 0.717) is 27.0 Å². The van der Waals surface area contributed by atoms with Crippen LogP contribution in [0, 0.1) is 16.0 Å². The highest BCUT2D eigenvalue weighted by Crippen LogP contribution is 2.44. The number of benzene rings is 1. The second kappa shape index (κ2) is 5.31. The Labute approximate surface area is 130 Å². The Morgan fingerprint density at radius 1 is 1.52 bits per heavy atom. The van der Waals surface area contributed by atoms with Crippen LogP contribution in [0.15, 0.2) is 6.07 Å². The van der Waals surface area contributed by atoms with Gasteiger partial charge < -0.3 is 10.6 Å². The van der Waals surface area contributed by atoms with Crippen LogP contribution < -0.4 is 10.6 Å². The van der Waals surface area contributed by atoms with E-state index in [1.54, 1.807) is 0 Å². The number of hydrogen-bond donors (Lipinski definition) is 1. The molecule has 0 saturated carbocycles. The van der Waals surface area contributed by atoms with Gasteiger partial charge in [-0.1, -0.05) is 29.9 Å². The molecule has 1 fully saturated rings. The summed E-state index contributed by atoms with van der Waals surface area (Å²) in [7, 11) is 0. The molecule has 0 atom stereocenters. The topological polar surface area (TPSA) is 85.3 Å². The smallest absolute Gasteiger partial charge is 0.295 e. The number of nitrogen functional groups attached to an aromatic ring is 1. The molecule has 2 aromatic rings. The number of halogens is 1. The first-order valence-electron chi connectivity index (χ1n) is 6.75. The molecule has 112 valence electrons. The Kier molecular flexibility index (Phi) is 3.62. The summed E-state index contributed by atoms with van der Waals surface area (Å²) in [5, 5.41) is 12.1. The Balaban J connectivity index is 2.20. The first-order valence-corrected chi connectivity index (χ1v) is 7.94. The summed E-state index contributed by atoms with van der Waals surface area (Å²) >= 11 is 7.37. The fourth-order valence-corrected chi connectivity index (χ4v) is 3.93. The van der Waals surface area contributed by atoms with Crippen LogP contribution >= 0.6 is 22.9 Å². The highest BCUT2D eigenvalue weighted by Gasteiger charge is 2.28. The molecule has 0 bridgehead atoms. The van der Waals surface area contributed by atoms with Gasteiger partial charge in [0.05, 0.1) is 14.6 Å². The number of thiazole rings is 1. The Morgan fingerprint density at radius 3 is 2.81 bits per heavy atom. The SMILES string of the molecule is CC1CCN(c2c([N+](=O)[O-])cc(Cl)c3nc(N)sc23)CC1. The van der Waals surface area contributed by atoms with Crippen molar-refractivity contribution in [2.24, 2.45) is 5.92 Å². The van der Waals surface area contributed by atoms with Crippen LogP contribution in [0.25, 0.3) is 10.2 Å². The number of hydrogen-bond acceptors (Lipinski definition) is 6. The maximum Gasteiger partial charge on any atom is 0.295 e. The van der Waals surface area contributed by atoms with E-state index in [1.165, 1.54) is 17.4 Å². The summed E-state index contributed by atoms with van der Waals surface area (Å²) in [6.45, 7) is 3.81. The quantitative estimate of drug-likeness (QED) is 0.672. The van der Waals surface area contributed by atoms with Crippen molar-refractivity contribution in [2.45, 2.75) is 19.8 Å². The summed E-state index contributed by atoms with van der Waals surface area (Å²) in [5.74, 6) is 0.648. The van der Waals surface area contributed by atoms with E-state index in [4.69, 9.17) is 17.3 Å². The average Bonchev–Trinajstić information content (AvgIpc) is 2.82. The van der Waals surface area contributed by atoms with Crippen molar-refractivity contribution < 1.29 is 4.92 Å². The molecule has 1 aliphatic heterocycles. The Hall–Kier alpha value is -1.60. The van der Waals surface area contributed by atoms with E-state index in [1.807, 2.05) is 0 Å².